The molecule has 104 valence electrons. The molecular formula is C16H17NO2S. The number of carbonyl (C=O) groups is 1. The van der Waals surface area contributed by atoms with Gasteiger partial charge in [-0.05, 0) is 30.2 Å². The second kappa shape index (κ2) is 7.01. The van der Waals surface area contributed by atoms with E-state index in [4.69, 9.17) is 5.73 Å². The number of carbonyl (C=O) groups excluding carboxylic acids is 1. The van der Waals surface area contributed by atoms with Crippen LogP contribution in [0.5, 0.6) is 0 Å². The predicted molar refractivity (Wildman–Crippen MR) is 83.1 cm³/mol. The molecule has 0 unspecified atom stereocenters. The molecule has 3 nitrogen and oxygen atoms in total. The summed E-state index contributed by atoms with van der Waals surface area (Å²) >= 11 is 1.73. The zero-order valence-electron chi connectivity index (χ0n) is 11.3. The van der Waals surface area contributed by atoms with Crippen LogP contribution in [0, 0.1) is 0 Å². The minimum Gasteiger partial charge on any atom is -0.465 e. The lowest BCUT2D eigenvalue weighted by Crippen LogP contribution is -2.05. The summed E-state index contributed by atoms with van der Waals surface area (Å²) in [5, 5.41) is 0. The summed E-state index contributed by atoms with van der Waals surface area (Å²) in [6, 6.07) is 15.8. The summed E-state index contributed by atoms with van der Waals surface area (Å²) < 4.78 is 4.67. The Kier molecular flexibility index (Phi) is 5.07. The number of esters is 1. The standard InChI is InChI=1S/C16H17NO2S/c1-19-16(18)14-8-7-13(11-15(14)17)20-10-9-12-5-3-2-4-6-12/h2-8,11H,9-10,17H2,1H3. The maximum atomic E-state index is 11.4. The van der Waals surface area contributed by atoms with Gasteiger partial charge in [-0.25, -0.2) is 4.79 Å². The zero-order chi connectivity index (χ0) is 14.4. The normalized spacial score (nSPS) is 10.2. The Bertz CT molecular complexity index is 584. The second-order valence-corrected chi connectivity index (χ2v) is 5.49. The Labute approximate surface area is 123 Å². The number of nitrogens with two attached hydrogens (primary N) is 1. The monoisotopic (exact) mass is 287 g/mol. The highest BCUT2D eigenvalue weighted by Gasteiger charge is 2.10. The summed E-state index contributed by atoms with van der Waals surface area (Å²) in [6.45, 7) is 0. The van der Waals surface area contributed by atoms with Crippen molar-refractivity contribution in [3.8, 4) is 0 Å². The van der Waals surface area contributed by atoms with Crippen LogP contribution in [0.15, 0.2) is 53.4 Å². The molecule has 0 fully saturated rings. The largest absolute Gasteiger partial charge is 0.465 e. The Morgan fingerprint density at radius 3 is 2.60 bits per heavy atom. The fraction of sp³-hybridized carbons (Fsp3) is 0.188. The van der Waals surface area contributed by atoms with Crippen LogP contribution in [0.25, 0.3) is 0 Å². The number of hydrogen-bond donors (Lipinski definition) is 1. The molecule has 0 heterocycles. The lowest BCUT2D eigenvalue weighted by Gasteiger charge is -2.07. The van der Waals surface area contributed by atoms with Crippen LogP contribution in [-0.4, -0.2) is 18.8 Å². The summed E-state index contributed by atoms with van der Waals surface area (Å²) in [5.74, 6) is 0.574. The first-order chi connectivity index (χ1) is 9.70. The maximum absolute atomic E-state index is 11.4. The highest BCUT2D eigenvalue weighted by Crippen LogP contribution is 2.24. The van der Waals surface area contributed by atoms with Crippen molar-refractivity contribution in [1.29, 1.82) is 0 Å². The first kappa shape index (κ1) is 14.5. The van der Waals surface area contributed by atoms with Crippen LogP contribution in [0.3, 0.4) is 0 Å². The molecule has 0 amide bonds. The van der Waals surface area contributed by atoms with Gasteiger partial charge in [0.2, 0.25) is 0 Å². The van der Waals surface area contributed by atoms with E-state index in [-0.39, 0.29) is 0 Å². The van der Waals surface area contributed by atoms with E-state index in [0.717, 1.165) is 17.1 Å². The van der Waals surface area contributed by atoms with Gasteiger partial charge in [0.25, 0.3) is 0 Å². The highest BCUT2D eigenvalue weighted by atomic mass is 32.2. The van der Waals surface area contributed by atoms with Gasteiger partial charge in [-0.3, -0.25) is 0 Å². The minimum atomic E-state index is -0.400. The van der Waals surface area contributed by atoms with Crippen molar-refractivity contribution < 1.29 is 9.53 Å². The number of methoxy groups -OCH3 is 1. The molecule has 2 rings (SSSR count). The smallest absolute Gasteiger partial charge is 0.339 e. The average molecular weight is 287 g/mol. The number of hydrogen-bond acceptors (Lipinski definition) is 4. The molecule has 0 aliphatic rings. The average Bonchev–Trinajstić information content (AvgIpc) is 2.48. The van der Waals surface area contributed by atoms with Gasteiger partial charge in [0.1, 0.15) is 0 Å². The fourth-order valence-corrected chi connectivity index (χ4v) is 2.81. The third-order valence-corrected chi connectivity index (χ3v) is 3.93. The fourth-order valence-electron chi connectivity index (χ4n) is 1.86. The van der Waals surface area contributed by atoms with Crippen molar-refractivity contribution in [2.75, 3.05) is 18.6 Å². The molecule has 0 aliphatic heterocycles. The third kappa shape index (κ3) is 3.78. The van der Waals surface area contributed by atoms with Crippen LogP contribution in [0.4, 0.5) is 5.69 Å². The van der Waals surface area contributed by atoms with Crippen LogP contribution in [0.2, 0.25) is 0 Å². The number of ether oxygens (including phenoxy) is 1. The number of aryl methyl sites for hydroxylation is 1. The van der Waals surface area contributed by atoms with E-state index in [2.05, 4.69) is 16.9 Å². The Balaban J connectivity index is 1.94. The van der Waals surface area contributed by atoms with Gasteiger partial charge in [-0.2, -0.15) is 0 Å². The molecular weight excluding hydrogens is 270 g/mol. The summed E-state index contributed by atoms with van der Waals surface area (Å²) in [5.41, 5.74) is 8.06. The zero-order valence-corrected chi connectivity index (χ0v) is 12.2. The number of nitrogen functional groups attached to an aromatic ring is 1. The van der Waals surface area contributed by atoms with Crippen molar-refractivity contribution in [2.45, 2.75) is 11.3 Å². The molecule has 0 spiro atoms. The molecule has 2 aromatic rings. The van der Waals surface area contributed by atoms with E-state index >= 15 is 0 Å². The number of anilines is 1. The van der Waals surface area contributed by atoms with E-state index in [1.807, 2.05) is 30.3 Å². The van der Waals surface area contributed by atoms with E-state index in [9.17, 15) is 4.79 Å². The molecule has 0 saturated carbocycles. The lowest BCUT2D eigenvalue weighted by molar-refractivity contribution is 0.0602. The Morgan fingerprint density at radius 1 is 1.20 bits per heavy atom. The van der Waals surface area contributed by atoms with Crippen LogP contribution in [-0.2, 0) is 11.2 Å². The lowest BCUT2D eigenvalue weighted by atomic mass is 10.2. The van der Waals surface area contributed by atoms with Gasteiger partial charge in [0, 0.05) is 16.3 Å². The number of rotatable bonds is 5. The van der Waals surface area contributed by atoms with Gasteiger partial charge >= 0.3 is 5.97 Å². The number of benzene rings is 2. The topological polar surface area (TPSA) is 52.3 Å². The van der Waals surface area contributed by atoms with Gasteiger partial charge in [-0.1, -0.05) is 30.3 Å². The van der Waals surface area contributed by atoms with Gasteiger partial charge < -0.3 is 10.5 Å². The first-order valence-corrected chi connectivity index (χ1v) is 7.34. The first-order valence-electron chi connectivity index (χ1n) is 6.35. The van der Waals surface area contributed by atoms with E-state index in [0.29, 0.717) is 11.3 Å². The molecule has 0 radical (unpaired) electrons. The second-order valence-electron chi connectivity index (χ2n) is 4.32. The third-order valence-electron chi connectivity index (χ3n) is 2.93. The molecule has 2 N–H and O–H groups in total. The summed E-state index contributed by atoms with van der Waals surface area (Å²) in [7, 11) is 1.35. The van der Waals surface area contributed by atoms with E-state index in [1.54, 1.807) is 17.8 Å². The Morgan fingerprint density at radius 2 is 1.95 bits per heavy atom. The summed E-state index contributed by atoms with van der Waals surface area (Å²) in [4.78, 5) is 12.5. The van der Waals surface area contributed by atoms with E-state index < -0.39 is 5.97 Å². The molecule has 0 bridgehead atoms. The van der Waals surface area contributed by atoms with Crippen LogP contribution < -0.4 is 5.73 Å². The van der Waals surface area contributed by atoms with Crippen molar-refractivity contribution in [1.82, 2.24) is 0 Å². The molecule has 0 aromatic heterocycles. The van der Waals surface area contributed by atoms with Crippen molar-refractivity contribution in [3.63, 3.8) is 0 Å². The molecule has 4 heteroatoms. The van der Waals surface area contributed by atoms with Crippen molar-refractivity contribution in [3.05, 3.63) is 59.7 Å². The molecule has 0 atom stereocenters. The van der Waals surface area contributed by atoms with Crippen LogP contribution in [0.1, 0.15) is 15.9 Å². The predicted octanol–water partition coefficient (Wildman–Crippen LogP) is 3.39. The number of thioether (sulfide) groups is 1. The maximum Gasteiger partial charge on any atom is 0.339 e. The molecule has 0 saturated heterocycles. The van der Waals surface area contributed by atoms with E-state index in [1.165, 1.54) is 12.7 Å². The van der Waals surface area contributed by atoms with Gasteiger partial charge in [-0.15, -0.1) is 11.8 Å². The molecule has 20 heavy (non-hydrogen) atoms. The van der Waals surface area contributed by atoms with Crippen LogP contribution >= 0.6 is 11.8 Å². The highest BCUT2D eigenvalue weighted by molar-refractivity contribution is 7.99. The van der Waals surface area contributed by atoms with Crippen molar-refractivity contribution >= 4 is 23.4 Å². The molecule has 0 aliphatic carbocycles. The van der Waals surface area contributed by atoms with Gasteiger partial charge in [0.15, 0.2) is 0 Å². The quantitative estimate of drug-likeness (QED) is 0.520. The van der Waals surface area contributed by atoms with Crippen molar-refractivity contribution in [2.24, 2.45) is 0 Å². The Hall–Kier alpha value is -1.94. The van der Waals surface area contributed by atoms with Gasteiger partial charge in [0.05, 0.1) is 12.7 Å². The SMILES string of the molecule is COC(=O)c1ccc(SCCc2ccccc2)cc1N. The minimum absolute atomic E-state index is 0.400. The summed E-state index contributed by atoms with van der Waals surface area (Å²) in [6.07, 6.45) is 1.00. The molecule has 2 aromatic carbocycles.